The van der Waals surface area contributed by atoms with Crippen molar-refractivity contribution in [1.82, 2.24) is 14.9 Å². The second kappa shape index (κ2) is 5.99. The summed E-state index contributed by atoms with van der Waals surface area (Å²) in [5.41, 5.74) is 1.27. The quantitative estimate of drug-likeness (QED) is 0.911. The van der Waals surface area contributed by atoms with Crippen LogP contribution in [0.15, 0.2) is 42.7 Å². The number of morpholine rings is 1. The van der Waals surface area contributed by atoms with Crippen LogP contribution in [0.3, 0.4) is 0 Å². The standard InChI is InChI=1S/C15H19N3O/c1-2-4-13(5-3-1)14-12-18(10-11-19-14)9-6-15-16-7-8-17-15/h1-5,7-8,14H,6,9-12H2,(H,16,17)/t14-/m0/s1. The zero-order valence-electron chi connectivity index (χ0n) is 11.0. The van der Waals surface area contributed by atoms with E-state index in [1.165, 1.54) is 5.56 Å². The Balaban J connectivity index is 1.56. The third-order valence-corrected chi connectivity index (χ3v) is 3.54. The van der Waals surface area contributed by atoms with E-state index in [0.717, 1.165) is 38.5 Å². The van der Waals surface area contributed by atoms with Crippen LogP contribution in [0.4, 0.5) is 0 Å². The Morgan fingerprint density at radius 1 is 1.32 bits per heavy atom. The first-order valence-corrected chi connectivity index (χ1v) is 6.79. The molecule has 0 saturated carbocycles. The van der Waals surface area contributed by atoms with Crippen LogP contribution in [0.5, 0.6) is 0 Å². The van der Waals surface area contributed by atoms with E-state index in [1.807, 2.05) is 12.3 Å². The summed E-state index contributed by atoms with van der Waals surface area (Å²) in [6.45, 7) is 3.80. The molecule has 2 heterocycles. The van der Waals surface area contributed by atoms with Gasteiger partial charge >= 0.3 is 0 Å². The lowest BCUT2D eigenvalue weighted by Crippen LogP contribution is -2.39. The molecule has 0 aliphatic carbocycles. The summed E-state index contributed by atoms with van der Waals surface area (Å²) < 4.78 is 5.87. The highest BCUT2D eigenvalue weighted by molar-refractivity contribution is 5.18. The van der Waals surface area contributed by atoms with Crippen LogP contribution in [0.1, 0.15) is 17.5 Å². The minimum absolute atomic E-state index is 0.201. The molecule has 0 unspecified atom stereocenters. The van der Waals surface area contributed by atoms with Crippen LogP contribution in [0, 0.1) is 0 Å². The number of rotatable bonds is 4. The minimum atomic E-state index is 0.201. The number of aromatic nitrogens is 2. The van der Waals surface area contributed by atoms with E-state index in [0.29, 0.717) is 0 Å². The average Bonchev–Trinajstić information content (AvgIpc) is 3.00. The molecule has 0 radical (unpaired) electrons. The van der Waals surface area contributed by atoms with E-state index in [2.05, 4.69) is 39.1 Å². The number of nitrogens with one attached hydrogen (secondary N) is 1. The van der Waals surface area contributed by atoms with E-state index in [-0.39, 0.29) is 6.10 Å². The molecule has 100 valence electrons. The number of imidazole rings is 1. The Morgan fingerprint density at radius 2 is 2.21 bits per heavy atom. The molecule has 1 aromatic carbocycles. The van der Waals surface area contributed by atoms with Gasteiger partial charge in [-0.2, -0.15) is 0 Å². The monoisotopic (exact) mass is 257 g/mol. The van der Waals surface area contributed by atoms with Gasteiger partial charge in [-0.3, -0.25) is 4.90 Å². The lowest BCUT2D eigenvalue weighted by Gasteiger charge is -2.33. The molecule has 4 heteroatoms. The highest BCUT2D eigenvalue weighted by atomic mass is 16.5. The van der Waals surface area contributed by atoms with Crippen molar-refractivity contribution in [3.8, 4) is 0 Å². The van der Waals surface area contributed by atoms with Gasteiger partial charge in [-0.1, -0.05) is 30.3 Å². The van der Waals surface area contributed by atoms with Crippen molar-refractivity contribution in [1.29, 1.82) is 0 Å². The Morgan fingerprint density at radius 3 is 3.00 bits per heavy atom. The zero-order chi connectivity index (χ0) is 12.9. The first kappa shape index (κ1) is 12.4. The fourth-order valence-electron chi connectivity index (χ4n) is 2.47. The maximum absolute atomic E-state index is 5.87. The molecule has 1 aromatic heterocycles. The Bertz CT molecular complexity index is 483. The van der Waals surface area contributed by atoms with E-state index in [9.17, 15) is 0 Å². The van der Waals surface area contributed by atoms with Gasteiger partial charge in [0.25, 0.3) is 0 Å². The van der Waals surface area contributed by atoms with Crippen LogP contribution in [0.2, 0.25) is 0 Å². The number of H-pyrrole nitrogens is 1. The van der Waals surface area contributed by atoms with Crippen LogP contribution < -0.4 is 0 Å². The maximum atomic E-state index is 5.87. The van der Waals surface area contributed by atoms with Gasteiger partial charge in [0.1, 0.15) is 5.82 Å². The van der Waals surface area contributed by atoms with E-state index >= 15 is 0 Å². The summed E-state index contributed by atoms with van der Waals surface area (Å²) in [5, 5.41) is 0. The molecule has 2 aromatic rings. The van der Waals surface area contributed by atoms with Gasteiger partial charge in [-0.05, 0) is 5.56 Å². The first-order valence-electron chi connectivity index (χ1n) is 6.79. The topological polar surface area (TPSA) is 41.2 Å². The molecule has 1 N–H and O–H groups in total. The summed E-state index contributed by atoms with van der Waals surface area (Å²) in [4.78, 5) is 9.86. The van der Waals surface area contributed by atoms with Crippen LogP contribution in [0.25, 0.3) is 0 Å². The van der Waals surface area contributed by atoms with Crippen LogP contribution in [-0.2, 0) is 11.2 Å². The second-order valence-corrected chi connectivity index (χ2v) is 4.86. The summed E-state index contributed by atoms with van der Waals surface area (Å²) >= 11 is 0. The van der Waals surface area contributed by atoms with Gasteiger partial charge in [-0.15, -0.1) is 0 Å². The molecule has 1 aliphatic heterocycles. The van der Waals surface area contributed by atoms with Gasteiger partial charge in [-0.25, -0.2) is 4.98 Å². The summed E-state index contributed by atoms with van der Waals surface area (Å²) in [5.74, 6) is 1.06. The number of nitrogens with zero attached hydrogens (tertiary/aromatic N) is 2. The van der Waals surface area contributed by atoms with E-state index in [4.69, 9.17) is 4.74 Å². The van der Waals surface area contributed by atoms with Crippen molar-refractivity contribution >= 4 is 0 Å². The van der Waals surface area contributed by atoms with Crippen molar-refractivity contribution in [2.45, 2.75) is 12.5 Å². The molecule has 1 atom stereocenters. The number of ether oxygens (including phenoxy) is 1. The Labute approximate surface area is 113 Å². The molecule has 1 aliphatic rings. The largest absolute Gasteiger partial charge is 0.371 e. The van der Waals surface area contributed by atoms with E-state index in [1.54, 1.807) is 6.20 Å². The van der Waals surface area contributed by atoms with Crippen molar-refractivity contribution in [2.24, 2.45) is 0 Å². The second-order valence-electron chi connectivity index (χ2n) is 4.86. The van der Waals surface area contributed by atoms with Crippen molar-refractivity contribution in [3.05, 3.63) is 54.1 Å². The molecule has 0 bridgehead atoms. The van der Waals surface area contributed by atoms with Crippen LogP contribution >= 0.6 is 0 Å². The summed E-state index contributed by atoms with van der Waals surface area (Å²) in [6.07, 6.45) is 4.85. The normalized spacial score (nSPS) is 20.5. The fourth-order valence-corrected chi connectivity index (χ4v) is 2.47. The van der Waals surface area contributed by atoms with Gasteiger partial charge in [0.15, 0.2) is 0 Å². The number of hydrogen-bond acceptors (Lipinski definition) is 3. The van der Waals surface area contributed by atoms with Gasteiger partial charge < -0.3 is 9.72 Å². The number of aromatic amines is 1. The average molecular weight is 257 g/mol. The van der Waals surface area contributed by atoms with Gasteiger partial charge in [0.2, 0.25) is 0 Å². The van der Waals surface area contributed by atoms with Gasteiger partial charge in [0.05, 0.1) is 12.7 Å². The molecular weight excluding hydrogens is 238 g/mol. The first-order chi connectivity index (χ1) is 9.42. The third kappa shape index (κ3) is 3.22. The predicted molar refractivity (Wildman–Crippen MR) is 73.9 cm³/mol. The zero-order valence-corrected chi connectivity index (χ0v) is 11.0. The molecule has 19 heavy (non-hydrogen) atoms. The highest BCUT2D eigenvalue weighted by Gasteiger charge is 2.21. The van der Waals surface area contributed by atoms with E-state index < -0.39 is 0 Å². The summed E-state index contributed by atoms with van der Waals surface area (Å²) in [6, 6.07) is 10.5. The van der Waals surface area contributed by atoms with Crippen molar-refractivity contribution in [3.63, 3.8) is 0 Å². The molecule has 3 rings (SSSR count). The fraction of sp³-hybridized carbons (Fsp3) is 0.400. The number of benzene rings is 1. The molecule has 0 spiro atoms. The minimum Gasteiger partial charge on any atom is -0.371 e. The predicted octanol–water partition coefficient (Wildman–Crippen LogP) is 2.03. The lowest BCUT2D eigenvalue weighted by molar-refractivity contribution is -0.0296. The molecule has 1 fully saturated rings. The molecule has 4 nitrogen and oxygen atoms in total. The number of hydrogen-bond donors (Lipinski definition) is 1. The maximum Gasteiger partial charge on any atom is 0.107 e. The van der Waals surface area contributed by atoms with Gasteiger partial charge in [0, 0.05) is 38.4 Å². The van der Waals surface area contributed by atoms with Crippen molar-refractivity contribution < 1.29 is 4.74 Å². The third-order valence-electron chi connectivity index (χ3n) is 3.54. The molecule has 0 amide bonds. The van der Waals surface area contributed by atoms with Crippen molar-refractivity contribution in [2.75, 3.05) is 26.2 Å². The summed E-state index contributed by atoms with van der Waals surface area (Å²) in [7, 11) is 0. The molecule has 1 saturated heterocycles. The smallest absolute Gasteiger partial charge is 0.107 e. The highest BCUT2D eigenvalue weighted by Crippen LogP contribution is 2.21. The lowest BCUT2D eigenvalue weighted by atomic mass is 10.1. The molecular formula is C15H19N3O. The Hall–Kier alpha value is -1.65. The SMILES string of the molecule is c1ccc([C@@H]2CN(CCc3ncc[nH]3)CCO2)cc1. The Kier molecular flexibility index (Phi) is 3.91. The van der Waals surface area contributed by atoms with Crippen LogP contribution in [-0.4, -0.2) is 41.1 Å².